The van der Waals surface area contributed by atoms with E-state index in [0.29, 0.717) is 10.8 Å². The van der Waals surface area contributed by atoms with Crippen LogP contribution in [0.25, 0.3) is 5.69 Å². The molecule has 0 saturated carbocycles. The number of aryl methyl sites for hydroxylation is 1. The first-order valence-corrected chi connectivity index (χ1v) is 12.7. The third kappa shape index (κ3) is 5.25. The molecule has 10 heteroatoms. The van der Waals surface area contributed by atoms with Crippen LogP contribution in [0.3, 0.4) is 0 Å². The smallest absolute Gasteiger partial charge is 0.335 e. The number of nitrogens with zero attached hydrogens (tertiary/aromatic N) is 3. The van der Waals surface area contributed by atoms with E-state index in [4.69, 9.17) is 17.0 Å². The number of carbonyl (C=O) groups excluding carboxylic acids is 1. The molecule has 3 heterocycles. The van der Waals surface area contributed by atoms with Gasteiger partial charge < -0.3 is 29.9 Å². The van der Waals surface area contributed by atoms with Gasteiger partial charge in [0.15, 0.2) is 5.11 Å². The Kier molecular flexibility index (Phi) is 7.40. The van der Waals surface area contributed by atoms with Gasteiger partial charge in [0.25, 0.3) is 0 Å². The molecule has 5 rings (SSSR count). The molecule has 2 atom stereocenters. The van der Waals surface area contributed by atoms with E-state index in [2.05, 4.69) is 15.6 Å². The number of methoxy groups -OCH3 is 1. The Bertz CT molecular complexity index is 1540. The molecule has 9 nitrogen and oxygen atoms in total. The summed E-state index contributed by atoms with van der Waals surface area (Å²) in [5.41, 5.74) is 5.03. The summed E-state index contributed by atoms with van der Waals surface area (Å²) in [5.74, 6) is -1.23. The number of anilines is 2. The zero-order valence-corrected chi connectivity index (χ0v) is 22.2. The average molecular weight is 542 g/mol. The predicted molar refractivity (Wildman–Crippen MR) is 152 cm³/mol. The molecule has 3 N–H and O–H groups in total. The molecule has 0 radical (unpaired) electrons. The summed E-state index contributed by atoms with van der Waals surface area (Å²) in [4.78, 5) is 30.4. The number of amides is 1. The third-order valence-corrected chi connectivity index (χ3v) is 6.90. The highest BCUT2D eigenvalue weighted by molar-refractivity contribution is 7.80. The van der Waals surface area contributed by atoms with E-state index in [-0.39, 0.29) is 30.2 Å². The standard InChI is InChI=1S/C29H27N5O4S/c1-18-15-21(11-12-22(18)31-25(35)17-38-2)34-27(26(32-29(34)39)23-9-3-4-13-30-23)24-10-6-14-33(24)20-8-5-7-19(16-20)28(36)37/h3-16,26-27H,17H2,1-2H3,(H,31,35)(H,32,39)(H,36,37)/t26-,27-/m1/s1. The molecule has 2 aromatic heterocycles. The maximum atomic E-state index is 12.1. The highest BCUT2D eigenvalue weighted by atomic mass is 32.1. The Hall–Kier alpha value is -4.54. The Balaban J connectivity index is 1.60. The summed E-state index contributed by atoms with van der Waals surface area (Å²) >= 11 is 5.86. The molecule has 4 aromatic rings. The number of nitrogens with one attached hydrogen (secondary N) is 2. The topological polar surface area (TPSA) is 109 Å². The fourth-order valence-corrected chi connectivity index (χ4v) is 5.19. The normalized spacial score (nSPS) is 16.7. The van der Waals surface area contributed by atoms with Crippen LogP contribution in [0.15, 0.2) is 85.2 Å². The lowest BCUT2D eigenvalue weighted by Crippen LogP contribution is -2.30. The van der Waals surface area contributed by atoms with E-state index in [1.807, 2.05) is 77.2 Å². The predicted octanol–water partition coefficient (Wildman–Crippen LogP) is 4.64. The lowest BCUT2D eigenvalue weighted by atomic mass is 10.00. The fourth-order valence-electron chi connectivity index (χ4n) is 4.85. The highest BCUT2D eigenvalue weighted by Crippen LogP contribution is 2.43. The highest BCUT2D eigenvalue weighted by Gasteiger charge is 2.42. The number of carboxylic acids is 1. The van der Waals surface area contributed by atoms with Crippen molar-refractivity contribution in [3.63, 3.8) is 0 Å². The number of hydrogen-bond acceptors (Lipinski definition) is 5. The molecule has 0 bridgehead atoms. The Labute approximate surface area is 231 Å². The maximum absolute atomic E-state index is 12.1. The van der Waals surface area contributed by atoms with Gasteiger partial charge in [-0.25, -0.2) is 4.79 Å². The number of carbonyl (C=O) groups is 2. The van der Waals surface area contributed by atoms with Crippen LogP contribution >= 0.6 is 12.2 Å². The van der Waals surface area contributed by atoms with Gasteiger partial charge in [0.2, 0.25) is 5.91 Å². The average Bonchev–Trinajstić information content (AvgIpc) is 3.55. The number of hydrogen-bond donors (Lipinski definition) is 3. The number of benzene rings is 2. The van der Waals surface area contributed by atoms with Crippen LogP contribution in [0.4, 0.5) is 11.4 Å². The van der Waals surface area contributed by atoms with Gasteiger partial charge in [0.1, 0.15) is 12.6 Å². The lowest BCUT2D eigenvalue weighted by Gasteiger charge is -2.29. The van der Waals surface area contributed by atoms with Crippen molar-refractivity contribution in [3.8, 4) is 5.69 Å². The van der Waals surface area contributed by atoms with E-state index >= 15 is 0 Å². The van der Waals surface area contributed by atoms with Gasteiger partial charge in [-0.15, -0.1) is 0 Å². The summed E-state index contributed by atoms with van der Waals surface area (Å²) < 4.78 is 6.90. The van der Waals surface area contributed by atoms with Gasteiger partial charge in [-0.05, 0) is 85.4 Å². The zero-order valence-electron chi connectivity index (χ0n) is 21.4. The van der Waals surface area contributed by atoms with Crippen LogP contribution in [-0.4, -0.2) is 45.4 Å². The van der Waals surface area contributed by atoms with E-state index in [9.17, 15) is 14.7 Å². The molecule has 1 aliphatic heterocycles. The van der Waals surface area contributed by atoms with E-state index in [1.165, 1.54) is 7.11 Å². The molecule has 1 saturated heterocycles. The summed E-state index contributed by atoms with van der Waals surface area (Å²) in [6, 6.07) is 21.6. The minimum Gasteiger partial charge on any atom is -0.478 e. The van der Waals surface area contributed by atoms with Crippen LogP contribution in [-0.2, 0) is 9.53 Å². The van der Waals surface area contributed by atoms with Crippen LogP contribution in [0.2, 0.25) is 0 Å². The summed E-state index contributed by atoms with van der Waals surface area (Å²) in [6.07, 6.45) is 3.65. The molecular formula is C29H27N5O4S. The van der Waals surface area contributed by atoms with Crippen molar-refractivity contribution in [2.75, 3.05) is 23.9 Å². The van der Waals surface area contributed by atoms with Crippen LogP contribution in [0, 0.1) is 6.92 Å². The second kappa shape index (κ2) is 11.1. The van der Waals surface area contributed by atoms with Gasteiger partial charge in [-0.3, -0.25) is 9.78 Å². The molecule has 198 valence electrons. The molecule has 1 fully saturated rings. The van der Waals surface area contributed by atoms with Gasteiger partial charge in [0.05, 0.1) is 17.3 Å². The van der Waals surface area contributed by atoms with Crippen molar-refractivity contribution in [3.05, 3.63) is 108 Å². The second-order valence-corrected chi connectivity index (χ2v) is 9.52. The third-order valence-electron chi connectivity index (χ3n) is 6.59. The van der Waals surface area contributed by atoms with Crippen molar-refractivity contribution >= 4 is 40.6 Å². The number of rotatable bonds is 8. The largest absolute Gasteiger partial charge is 0.478 e. The minimum atomic E-state index is -0.990. The Morgan fingerprint density at radius 3 is 2.64 bits per heavy atom. The number of aromatic nitrogens is 2. The monoisotopic (exact) mass is 541 g/mol. The maximum Gasteiger partial charge on any atom is 0.335 e. The first kappa shape index (κ1) is 26.1. The molecule has 39 heavy (non-hydrogen) atoms. The SMILES string of the molecule is COCC(=O)Nc1ccc(N2C(=S)N[C@H](c3ccccn3)[C@H]2c2cccn2-c2cccc(C(=O)O)c2)cc1C. The van der Waals surface area contributed by atoms with Crippen molar-refractivity contribution in [2.45, 2.75) is 19.0 Å². The molecule has 1 amide bonds. The molecule has 1 aliphatic rings. The number of pyridine rings is 1. The van der Waals surface area contributed by atoms with Gasteiger partial charge in [-0.2, -0.15) is 0 Å². The molecular weight excluding hydrogens is 514 g/mol. The second-order valence-electron chi connectivity index (χ2n) is 9.14. The molecule has 0 spiro atoms. The van der Waals surface area contributed by atoms with Gasteiger partial charge in [0, 0.05) is 42.3 Å². The summed E-state index contributed by atoms with van der Waals surface area (Å²) in [6.45, 7) is 1.89. The summed E-state index contributed by atoms with van der Waals surface area (Å²) in [5, 5.41) is 16.4. The van der Waals surface area contributed by atoms with E-state index in [0.717, 1.165) is 28.3 Å². The van der Waals surface area contributed by atoms with Crippen LogP contribution in [0.1, 0.15) is 39.4 Å². The van der Waals surface area contributed by atoms with Crippen molar-refractivity contribution < 1.29 is 19.4 Å². The quantitative estimate of drug-likeness (QED) is 0.277. The molecule has 0 aliphatic carbocycles. The minimum absolute atomic E-state index is 0.0325. The Morgan fingerprint density at radius 1 is 1.08 bits per heavy atom. The van der Waals surface area contributed by atoms with Gasteiger partial charge in [-0.1, -0.05) is 12.1 Å². The fraction of sp³-hybridized carbons (Fsp3) is 0.172. The number of carboxylic acid groups (broad SMARTS) is 1. The number of ether oxygens (including phenoxy) is 1. The first-order valence-electron chi connectivity index (χ1n) is 12.3. The summed E-state index contributed by atoms with van der Waals surface area (Å²) in [7, 11) is 1.47. The van der Waals surface area contributed by atoms with E-state index < -0.39 is 5.97 Å². The van der Waals surface area contributed by atoms with Crippen molar-refractivity contribution in [1.82, 2.24) is 14.9 Å². The first-order chi connectivity index (χ1) is 18.9. The van der Waals surface area contributed by atoms with Gasteiger partial charge >= 0.3 is 5.97 Å². The number of aromatic carboxylic acids is 1. The molecule has 2 aromatic carbocycles. The van der Waals surface area contributed by atoms with Crippen molar-refractivity contribution in [1.29, 1.82) is 0 Å². The van der Waals surface area contributed by atoms with Crippen molar-refractivity contribution in [2.24, 2.45) is 0 Å². The van der Waals surface area contributed by atoms with Crippen LogP contribution in [0.5, 0.6) is 0 Å². The van der Waals surface area contributed by atoms with E-state index in [1.54, 1.807) is 24.4 Å². The Morgan fingerprint density at radius 2 is 1.92 bits per heavy atom. The molecule has 0 unspecified atom stereocenters. The number of thiocarbonyl (C=S) groups is 1. The van der Waals surface area contributed by atoms with Crippen LogP contribution < -0.4 is 15.5 Å². The lowest BCUT2D eigenvalue weighted by molar-refractivity contribution is -0.119. The zero-order chi connectivity index (χ0) is 27.5.